The van der Waals surface area contributed by atoms with Crippen LogP contribution < -0.4 is 0 Å². The maximum absolute atomic E-state index is 10.7. The zero-order valence-corrected chi connectivity index (χ0v) is 10.5. The van der Waals surface area contributed by atoms with Gasteiger partial charge in [0, 0.05) is 6.08 Å². The number of esters is 1. The molecule has 2 nitrogen and oxygen atoms in total. The van der Waals surface area contributed by atoms with Crippen molar-refractivity contribution >= 4 is 5.97 Å². The summed E-state index contributed by atoms with van der Waals surface area (Å²) in [6, 6.07) is 0. The quantitative estimate of drug-likeness (QED) is 0.296. The van der Waals surface area contributed by atoms with Crippen molar-refractivity contribution in [3.05, 3.63) is 19.3 Å². The zero-order chi connectivity index (χ0) is 12.1. The van der Waals surface area contributed by atoms with E-state index in [0.717, 1.165) is 12.8 Å². The molecule has 0 heterocycles. The van der Waals surface area contributed by atoms with Crippen LogP contribution in [0, 0.1) is 6.61 Å². The molecule has 0 saturated heterocycles. The van der Waals surface area contributed by atoms with Crippen LogP contribution in [-0.2, 0) is 9.53 Å². The Morgan fingerprint density at radius 3 is 2.19 bits per heavy atom. The molecule has 0 aromatic heterocycles. The number of rotatable bonds is 11. The van der Waals surface area contributed by atoms with Gasteiger partial charge in [-0.15, -0.1) is 0 Å². The first-order valence-corrected chi connectivity index (χ1v) is 6.46. The molecule has 0 aliphatic heterocycles. The second-order valence-electron chi connectivity index (χ2n) is 4.07. The van der Waals surface area contributed by atoms with Crippen molar-refractivity contribution in [1.29, 1.82) is 0 Å². The second kappa shape index (κ2) is 12.3. The maximum atomic E-state index is 10.7. The first-order valence-electron chi connectivity index (χ1n) is 6.46. The summed E-state index contributed by atoms with van der Waals surface area (Å²) in [6.07, 6.45) is 12.4. The van der Waals surface area contributed by atoms with Crippen LogP contribution in [0.1, 0.15) is 64.7 Å². The average molecular weight is 225 g/mol. The Morgan fingerprint density at radius 2 is 1.62 bits per heavy atom. The van der Waals surface area contributed by atoms with Crippen molar-refractivity contribution in [2.24, 2.45) is 0 Å². The molecule has 0 aromatic rings. The van der Waals surface area contributed by atoms with E-state index in [1.165, 1.54) is 51.0 Å². The third kappa shape index (κ3) is 11.3. The van der Waals surface area contributed by atoms with E-state index in [4.69, 9.17) is 4.74 Å². The molecule has 0 spiro atoms. The Bertz CT molecular complexity index is 176. The molecule has 0 unspecified atom stereocenters. The Kier molecular flexibility index (Phi) is 11.7. The summed E-state index contributed by atoms with van der Waals surface area (Å²) in [5.74, 6) is -0.362. The molecular formula is C14H25O2. The summed E-state index contributed by atoms with van der Waals surface area (Å²) in [7, 11) is 0. The van der Waals surface area contributed by atoms with E-state index in [-0.39, 0.29) is 5.97 Å². The summed E-state index contributed by atoms with van der Waals surface area (Å²) < 4.78 is 4.77. The summed E-state index contributed by atoms with van der Waals surface area (Å²) in [6.45, 7) is 7.15. The molecule has 0 amide bonds. The largest absolute Gasteiger partial charge is 0.455 e. The van der Waals surface area contributed by atoms with Crippen LogP contribution in [-0.4, -0.2) is 5.97 Å². The molecule has 0 bridgehead atoms. The fourth-order valence-corrected chi connectivity index (χ4v) is 1.55. The molecule has 2 heteroatoms. The number of carbonyl (C=O) groups excluding carboxylic acids is 1. The van der Waals surface area contributed by atoms with Crippen molar-refractivity contribution < 1.29 is 9.53 Å². The predicted octanol–water partition coefficient (Wildman–Crippen LogP) is 4.41. The highest BCUT2D eigenvalue weighted by Gasteiger charge is 1.96. The van der Waals surface area contributed by atoms with Crippen molar-refractivity contribution in [1.82, 2.24) is 0 Å². The lowest BCUT2D eigenvalue weighted by Gasteiger charge is -2.02. The molecule has 0 aliphatic rings. The monoisotopic (exact) mass is 225 g/mol. The molecule has 0 aliphatic carbocycles. The summed E-state index contributed by atoms with van der Waals surface area (Å²) >= 11 is 0. The lowest BCUT2D eigenvalue weighted by Crippen LogP contribution is -1.96. The molecular weight excluding hydrogens is 200 g/mol. The number of hydrogen-bond acceptors (Lipinski definition) is 2. The van der Waals surface area contributed by atoms with E-state index in [1.54, 1.807) is 6.61 Å². The van der Waals surface area contributed by atoms with Gasteiger partial charge >= 0.3 is 5.97 Å². The molecule has 1 radical (unpaired) electrons. The summed E-state index contributed by atoms with van der Waals surface area (Å²) in [5, 5.41) is 0. The predicted molar refractivity (Wildman–Crippen MR) is 67.8 cm³/mol. The van der Waals surface area contributed by atoms with Crippen molar-refractivity contribution in [2.75, 3.05) is 0 Å². The standard InChI is InChI=1S/C14H25O2/c1-3-5-6-7-8-9-10-11-12-13-16-14(15)4-2/h4,13H,2-3,5-12H2,1H3. The molecule has 93 valence electrons. The summed E-state index contributed by atoms with van der Waals surface area (Å²) in [5.41, 5.74) is 0. The normalized spacial score (nSPS) is 10.1. The number of carbonyl (C=O) groups is 1. The van der Waals surface area contributed by atoms with Crippen molar-refractivity contribution in [2.45, 2.75) is 64.7 Å². The molecule has 0 rings (SSSR count). The highest BCUT2D eigenvalue weighted by molar-refractivity contribution is 5.81. The fraction of sp³-hybridized carbons (Fsp3) is 0.714. The molecule has 0 atom stereocenters. The van der Waals surface area contributed by atoms with Crippen LogP contribution in [0.4, 0.5) is 0 Å². The van der Waals surface area contributed by atoms with E-state index in [0.29, 0.717) is 0 Å². The van der Waals surface area contributed by atoms with Gasteiger partial charge in [-0.2, -0.15) is 0 Å². The molecule has 0 aromatic carbocycles. The first-order chi connectivity index (χ1) is 7.81. The average Bonchev–Trinajstić information content (AvgIpc) is 2.31. The Labute approximate surface area is 100 Å². The third-order valence-corrected chi connectivity index (χ3v) is 2.54. The highest BCUT2D eigenvalue weighted by Crippen LogP contribution is 2.10. The van der Waals surface area contributed by atoms with E-state index in [2.05, 4.69) is 13.5 Å². The maximum Gasteiger partial charge on any atom is 0.330 e. The Balaban J connectivity index is 2.98. The van der Waals surface area contributed by atoms with Crippen LogP contribution >= 0.6 is 0 Å². The van der Waals surface area contributed by atoms with Gasteiger partial charge in [0.15, 0.2) is 0 Å². The van der Waals surface area contributed by atoms with E-state index < -0.39 is 0 Å². The van der Waals surface area contributed by atoms with Gasteiger partial charge in [0.1, 0.15) is 6.61 Å². The van der Waals surface area contributed by atoms with Crippen molar-refractivity contribution in [3.8, 4) is 0 Å². The topological polar surface area (TPSA) is 26.3 Å². The number of hydrogen-bond donors (Lipinski definition) is 0. The lowest BCUT2D eigenvalue weighted by molar-refractivity contribution is -0.134. The number of unbranched alkanes of at least 4 members (excludes halogenated alkanes) is 8. The zero-order valence-electron chi connectivity index (χ0n) is 10.5. The smallest absolute Gasteiger partial charge is 0.330 e. The Morgan fingerprint density at radius 1 is 1.06 bits per heavy atom. The lowest BCUT2D eigenvalue weighted by atomic mass is 10.1. The minimum absolute atomic E-state index is 0.362. The molecule has 0 N–H and O–H groups in total. The van der Waals surface area contributed by atoms with Gasteiger partial charge < -0.3 is 4.74 Å². The van der Waals surface area contributed by atoms with E-state index >= 15 is 0 Å². The van der Waals surface area contributed by atoms with E-state index in [1.807, 2.05) is 0 Å². The minimum atomic E-state index is -0.362. The van der Waals surface area contributed by atoms with Crippen LogP contribution in [0.15, 0.2) is 12.7 Å². The third-order valence-electron chi connectivity index (χ3n) is 2.54. The molecule has 16 heavy (non-hydrogen) atoms. The van der Waals surface area contributed by atoms with E-state index in [9.17, 15) is 4.79 Å². The fourth-order valence-electron chi connectivity index (χ4n) is 1.55. The van der Waals surface area contributed by atoms with Gasteiger partial charge in [-0.3, -0.25) is 0 Å². The first kappa shape index (κ1) is 15.2. The SMILES string of the molecule is C=CC(=O)O[CH]CCCCCCCCCC. The summed E-state index contributed by atoms with van der Waals surface area (Å²) in [4.78, 5) is 10.7. The van der Waals surface area contributed by atoms with Gasteiger partial charge in [-0.05, 0) is 12.8 Å². The Hall–Kier alpha value is -0.790. The number of ether oxygens (including phenoxy) is 1. The molecule has 0 saturated carbocycles. The van der Waals surface area contributed by atoms with Crippen molar-refractivity contribution in [3.63, 3.8) is 0 Å². The van der Waals surface area contributed by atoms with Gasteiger partial charge in [-0.25, -0.2) is 4.79 Å². The second-order valence-corrected chi connectivity index (χ2v) is 4.07. The van der Waals surface area contributed by atoms with Gasteiger partial charge in [0.2, 0.25) is 0 Å². The van der Waals surface area contributed by atoms with Crippen LogP contribution in [0.5, 0.6) is 0 Å². The van der Waals surface area contributed by atoms with Gasteiger partial charge in [-0.1, -0.05) is 58.4 Å². The highest BCUT2D eigenvalue weighted by atomic mass is 16.5. The van der Waals surface area contributed by atoms with Crippen LogP contribution in [0.3, 0.4) is 0 Å². The van der Waals surface area contributed by atoms with Crippen LogP contribution in [0.25, 0.3) is 0 Å². The van der Waals surface area contributed by atoms with Gasteiger partial charge in [0.05, 0.1) is 0 Å². The minimum Gasteiger partial charge on any atom is -0.455 e. The van der Waals surface area contributed by atoms with Crippen LogP contribution in [0.2, 0.25) is 0 Å². The molecule has 0 fully saturated rings. The van der Waals surface area contributed by atoms with Gasteiger partial charge in [0.25, 0.3) is 0 Å².